The quantitative estimate of drug-likeness (QED) is 0.252. The molecule has 1 heterocycles. The van der Waals surface area contributed by atoms with Gasteiger partial charge >= 0.3 is 11.9 Å². The van der Waals surface area contributed by atoms with Crippen LogP contribution in [0.25, 0.3) is 20.8 Å². The van der Waals surface area contributed by atoms with Gasteiger partial charge < -0.3 is 9.47 Å². The van der Waals surface area contributed by atoms with Crippen molar-refractivity contribution in [3.63, 3.8) is 0 Å². The largest absolute Gasteiger partial charge is 0.493 e. The molecule has 0 atom stereocenters. The summed E-state index contributed by atoms with van der Waals surface area (Å²) in [5.74, 6) is 0.0465. The Morgan fingerprint density at radius 1 is 1.00 bits per heavy atom. The normalized spacial score (nSPS) is 11.5. The fourth-order valence-corrected chi connectivity index (χ4v) is 3.88. The van der Waals surface area contributed by atoms with E-state index in [1.807, 2.05) is 24.3 Å². The molecule has 31 heavy (non-hydrogen) atoms. The van der Waals surface area contributed by atoms with Crippen molar-refractivity contribution in [2.75, 3.05) is 7.11 Å². The van der Waals surface area contributed by atoms with E-state index in [-0.39, 0.29) is 17.2 Å². The average molecular weight is 446 g/mol. The Morgan fingerprint density at radius 3 is 2.42 bits per heavy atom. The molecule has 6 nitrogen and oxygen atoms in total. The maximum atomic E-state index is 12.9. The van der Waals surface area contributed by atoms with Crippen LogP contribution in [0.3, 0.4) is 0 Å². The Morgan fingerprint density at radius 2 is 1.74 bits per heavy atom. The van der Waals surface area contributed by atoms with Gasteiger partial charge in [0.15, 0.2) is 11.5 Å². The van der Waals surface area contributed by atoms with Crippen LogP contribution in [0.2, 0.25) is 0 Å². The first-order chi connectivity index (χ1) is 14.8. The monoisotopic (exact) mass is 446 g/mol. The van der Waals surface area contributed by atoms with E-state index in [0.717, 1.165) is 32.9 Å². The van der Waals surface area contributed by atoms with Gasteiger partial charge in [-0.3, -0.25) is 10.1 Å². The molecule has 0 aliphatic heterocycles. The number of methoxy groups -OCH3 is 1. The van der Waals surface area contributed by atoms with Gasteiger partial charge in [-0.2, -0.15) is 13.2 Å². The number of hydrogen-bond donors (Lipinski definition) is 0. The van der Waals surface area contributed by atoms with Crippen LogP contribution in [0.1, 0.15) is 5.56 Å². The van der Waals surface area contributed by atoms with Crippen LogP contribution in [0.5, 0.6) is 17.2 Å². The topological polar surface area (TPSA) is 74.5 Å². The number of hydrogen-bond acceptors (Lipinski definition) is 6. The van der Waals surface area contributed by atoms with Gasteiger partial charge in [-0.1, -0.05) is 12.1 Å². The van der Waals surface area contributed by atoms with Crippen LogP contribution in [0.15, 0.2) is 60.7 Å². The number of nitrogens with zero attached hydrogens (tertiary/aromatic N) is 2. The number of alkyl halides is 3. The Labute approximate surface area is 177 Å². The summed E-state index contributed by atoms with van der Waals surface area (Å²) in [7, 11) is 1.39. The molecule has 0 N–H and O–H groups in total. The highest BCUT2D eigenvalue weighted by molar-refractivity contribution is 7.21. The molecule has 0 bridgehead atoms. The summed E-state index contributed by atoms with van der Waals surface area (Å²) >= 11 is 1.49. The molecule has 158 valence electrons. The van der Waals surface area contributed by atoms with Crippen molar-refractivity contribution in [2.24, 2.45) is 0 Å². The van der Waals surface area contributed by atoms with Gasteiger partial charge in [-0.15, -0.1) is 11.3 Å². The molecule has 0 fully saturated rings. The van der Waals surface area contributed by atoms with Gasteiger partial charge in [0.05, 0.1) is 27.8 Å². The molecule has 0 saturated heterocycles. The van der Waals surface area contributed by atoms with Crippen LogP contribution >= 0.6 is 11.3 Å². The molecule has 10 heteroatoms. The summed E-state index contributed by atoms with van der Waals surface area (Å²) < 4.78 is 50.6. The maximum Gasteiger partial charge on any atom is 0.416 e. The number of thiazole rings is 1. The highest BCUT2D eigenvalue weighted by Crippen LogP contribution is 2.41. The van der Waals surface area contributed by atoms with Crippen LogP contribution < -0.4 is 9.47 Å². The van der Waals surface area contributed by atoms with Crippen LogP contribution in [-0.4, -0.2) is 17.0 Å². The molecule has 3 aromatic carbocycles. The highest BCUT2D eigenvalue weighted by atomic mass is 32.1. The standard InChI is InChI=1S/C21H13F3N2O4S/c1-29-18-10-12(20-25-14-4-2-3-5-19(14)31-20)6-8-17(18)30-16-9-7-13(21(22,23)24)11-15(16)26(27)28/h2-11H,1H3. The smallest absolute Gasteiger partial charge is 0.416 e. The van der Waals surface area contributed by atoms with E-state index < -0.39 is 22.4 Å². The maximum absolute atomic E-state index is 12.9. The second kappa shape index (κ2) is 7.88. The minimum atomic E-state index is -4.71. The number of nitro benzene ring substituents is 1. The molecule has 1 aromatic heterocycles. The summed E-state index contributed by atoms with van der Waals surface area (Å²) in [6, 6.07) is 14.6. The molecule has 0 amide bonds. The molecular weight excluding hydrogens is 433 g/mol. The van der Waals surface area contributed by atoms with Gasteiger partial charge in [-0.25, -0.2) is 4.98 Å². The van der Waals surface area contributed by atoms with Crippen molar-refractivity contribution >= 4 is 27.2 Å². The van der Waals surface area contributed by atoms with Gasteiger partial charge in [0.25, 0.3) is 0 Å². The third kappa shape index (κ3) is 4.15. The number of ether oxygens (including phenoxy) is 2. The van der Waals surface area contributed by atoms with Crippen LogP contribution in [-0.2, 0) is 6.18 Å². The van der Waals surface area contributed by atoms with Crippen molar-refractivity contribution in [2.45, 2.75) is 6.18 Å². The number of halogens is 3. The van der Waals surface area contributed by atoms with Gasteiger partial charge in [0.2, 0.25) is 5.75 Å². The Kier molecular flexibility index (Phi) is 5.24. The minimum absolute atomic E-state index is 0.121. The summed E-state index contributed by atoms with van der Waals surface area (Å²) in [6.45, 7) is 0. The molecule has 0 saturated carbocycles. The molecule has 0 aliphatic rings. The number of para-hydroxylation sites is 1. The molecule has 0 radical (unpaired) electrons. The van der Waals surface area contributed by atoms with E-state index in [9.17, 15) is 23.3 Å². The summed E-state index contributed by atoms with van der Waals surface area (Å²) in [5.41, 5.74) is -0.341. The SMILES string of the molecule is COc1cc(-c2nc3ccccc3s2)ccc1Oc1ccc(C(F)(F)F)cc1[N+](=O)[O-]. The third-order valence-corrected chi connectivity index (χ3v) is 5.49. The lowest BCUT2D eigenvalue weighted by atomic mass is 10.1. The second-order valence-electron chi connectivity index (χ2n) is 6.39. The van der Waals surface area contributed by atoms with Gasteiger partial charge in [0, 0.05) is 11.6 Å². The number of nitro groups is 1. The van der Waals surface area contributed by atoms with Crippen molar-refractivity contribution in [1.82, 2.24) is 4.98 Å². The number of rotatable bonds is 5. The number of fused-ring (bicyclic) bond motifs is 1. The number of aromatic nitrogens is 1. The molecule has 0 aliphatic carbocycles. The minimum Gasteiger partial charge on any atom is -0.493 e. The first kappa shape index (κ1) is 20.6. The predicted molar refractivity (Wildman–Crippen MR) is 110 cm³/mol. The van der Waals surface area contributed by atoms with Crippen molar-refractivity contribution in [3.05, 3.63) is 76.3 Å². The summed E-state index contributed by atoms with van der Waals surface area (Å²) in [4.78, 5) is 14.9. The highest BCUT2D eigenvalue weighted by Gasteiger charge is 2.33. The molecule has 4 rings (SSSR count). The van der Waals surface area contributed by atoms with Gasteiger partial charge in [0.1, 0.15) is 5.01 Å². The van der Waals surface area contributed by atoms with E-state index in [0.29, 0.717) is 6.07 Å². The lowest BCUT2D eigenvalue weighted by Crippen LogP contribution is -2.06. The van der Waals surface area contributed by atoms with E-state index in [2.05, 4.69) is 4.98 Å². The van der Waals surface area contributed by atoms with Crippen molar-refractivity contribution in [3.8, 4) is 27.8 Å². The first-order valence-corrected chi connectivity index (χ1v) is 9.65. The zero-order chi connectivity index (χ0) is 22.2. The van der Waals surface area contributed by atoms with E-state index in [1.165, 1.54) is 24.5 Å². The Balaban J connectivity index is 1.70. The van der Waals surface area contributed by atoms with Crippen LogP contribution in [0, 0.1) is 10.1 Å². The lowest BCUT2D eigenvalue weighted by Gasteiger charge is -2.13. The Bertz CT molecular complexity index is 1250. The molecule has 0 spiro atoms. The molecule has 0 unspecified atom stereocenters. The zero-order valence-corrected chi connectivity index (χ0v) is 16.7. The fraction of sp³-hybridized carbons (Fsp3) is 0.0952. The predicted octanol–water partition coefficient (Wildman–Crippen LogP) is 6.69. The van der Waals surface area contributed by atoms with E-state index in [4.69, 9.17) is 9.47 Å². The zero-order valence-electron chi connectivity index (χ0n) is 15.8. The third-order valence-electron chi connectivity index (χ3n) is 4.41. The van der Waals surface area contributed by atoms with E-state index in [1.54, 1.807) is 12.1 Å². The first-order valence-electron chi connectivity index (χ1n) is 8.84. The van der Waals surface area contributed by atoms with Crippen molar-refractivity contribution < 1.29 is 27.6 Å². The number of benzene rings is 3. The second-order valence-corrected chi connectivity index (χ2v) is 7.42. The summed E-state index contributed by atoms with van der Waals surface area (Å²) in [6.07, 6.45) is -4.71. The Hall–Kier alpha value is -3.66. The lowest BCUT2D eigenvalue weighted by molar-refractivity contribution is -0.385. The van der Waals surface area contributed by atoms with Gasteiger partial charge in [-0.05, 0) is 42.5 Å². The fourth-order valence-electron chi connectivity index (χ4n) is 2.92. The molecule has 4 aromatic rings. The summed E-state index contributed by atoms with van der Waals surface area (Å²) in [5, 5.41) is 12.0. The van der Waals surface area contributed by atoms with E-state index >= 15 is 0 Å². The van der Waals surface area contributed by atoms with Crippen LogP contribution in [0.4, 0.5) is 18.9 Å². The average Bonchev–Trinajstić information content (AvgIpc) is 3.17. The van der Waals surface area contributed by atoms with Crippen molar-refractivity contribution in [1.29, 1.82) is 0 Å². The molecular formula is C21H13F3N2O4S.